The number of nitrogens with one attached hydrogen (secondary N) is 1. The van der Waals surface area contributed by atoms with Gasteiger partial charge in [0, 0.05) is 25.2 Å². The van der Waals surface area contributed by atoms with Gasteiger partial charge in [-0.05, 0) is 42.5 Å². The summed E-state index contributed by atoms with van der Waals surface area (Å²) in [6, 6.07) is 8.24. The lowest BCUT2D eigenvalue weighted by Gasteiger charge is -2.33. The van der Waals surface area contributed by atoms with E-state index in [1.54, 1.807) is 13.8 Å². The van der Waals surface area contributed by atoms with Crippen LogP contribution >= 0.6 is 0 Å². The number of halogens is 1. The van der Waals surface area contributed by atoms with E-state index in [0.717, 1.165) is 16.6 Å². The van der Waals surface area contributed by atoms with E-state index in [2.05, 4.69) is 5.32 Å². The zero-order valence-electron chi connectivity index (χ0n) is 21.6. The Morgan fingerprint density at radius 2 is 1.76 bits per heavy atom. The summed E-state index contributed by atoms with van der Waals surface area (Å²) in [7, 11) is -4.05. The number of hydrogen-bond donors (Lipinski definition) is 1. The molecule has 2 amide bonds. The lowest BCUT2D eigenvalue weighted by Crippen LogP contribution is -2.52. The highest BCUT2D eigenvalue weighted by Crippen LogP contribution is 2.28. The van der Waals surface area contributed by atoms with E-state index in [-0.39, 0.29) is 30.3 Å². The van der Waals surface area contributed by atoms with E-state index in [1.807, 2.05) is 13.8 Å². The van der Waals surface area contributed by atoms with Gasteiger partial charge in [-0.25, -0.2) is 12.8 Å². The molecule has 0 aromatic heterocycles. The molecule has 202 valence electrons. The number of nitro groups is 1. The number of carbonyl (C=O) groups excluding carboxylic acids is 2. The first-order chi connectivity index (χ1) is 17.2. The first-order valence-corrected chi connectivity index (χ1v) is 13.6. The maximum atomic E-state index is 13.6. The minimum atomic E-state index is -4.05. The van der Waals surface area contributed by atoms with Crippen LogP contribution in [0.25, 0.3) is 0 Å². The van der Waals surface area contributed by atoms with Crippen LogP contribution in [0.5, 0.6) is 0 Å². The van der Waals surface area contributed by atoms with Crippen molar-refractivity contribution in [1.82, 2.24) is 10.2 Å². The highest BCUT2D eigenvalue weighted by atomic mass is 32.2. The predicted octanol–water partition coefficient (Wildman–Crippen LogP) is 3.39. The smallest absolute Gasteiger partial charge is 0.271 e. The number of carbonyl (C=O) groups is 2. The molecule has 0 heterocycles. The summed E-state index contributed by atoms with van der Waals surface area (Å²) >= 11 is 0. The molecule has 2 rings (SSSR count). The lowest BCUT2D eigenvalue weighted by molar-refractivity contribution is -0.384. The van der Waals surface area contributed by atoms with Gasteiger partial charge >= 0.3 is 0 Å². The molecule has 0 saturated carbocycles. The number of benzene rings is 2. The molecule has 0 saturated heterocycles. The molecule has 1 unspecified atom stereocenters. The molecular weight excluding hydrogens is 503 g/mol. The SMILES string of the molecule is CCC(C(=O)NCC(C)C)N(Cc1ccc(F)cc1)C(=O)CN(c1cc([N+](=O)[O-])ccc1C)S(C)(=O)=O. The van der Waals surface area contributed by atoms with Gasteiger partial charge in [0.05, 0.1) is 16.9 Å². The second-order valence-corrected chi connectivity index (χ2v) is 11.1. The van der Waals surface area contributed by atoms with Crippen LogP contribution in [0.2, 0.25) is 0 Å². The molecule has 2 aromatic rings. The van der Waals surface area contributed by atoms with Gasteiger partial charge in [0.1, 0.15) is 18.4 Å². The molecule has 10 nitrogen and oxygen atoms in total. The summed E-state index contributed by atoms with van der Waals surface area (Å²) in [6.07, 6.45) is 1.14. The van der Waals surface area contributed by atoms with E-state index < -0.39 is 45.2 Å². The maximum absolute atomic E-state index is 13.6. The molecule has 0 aliphatic carbocycles. The number of hydrogen-bond acceptors (Lipinski definition) is 6. The summed E-state index contributed by atoms with van der Waals surface area (Å²) in [5.41, 5.74) is 0.617. The van der Waals surface area contributed by atoms with Gasteiger partial charge in [0.15, 0.2) is 0 Å². The molecule has 12 heteroatoms. The fraction of sp³-hybridized carbons (Fsp3) is 0.440. The Morgan fingerprint density at radius 3 is 2.27 bits per heavy atom. The Morgan fingerprint density at radius 1 is 1.14 bits per heavy atom. The molecule has 0 aliphatic heterocycles. The average molecular weight is 537 g/mol. The Balaban J connectivity index is 2.50. The van der Waals surface area contributed by atoms with Crippen molar-refractivity contribution in [3.63, 3.8) is 0 Å². The van der Waals surface area contributed by atoms with E-state index in [9.17, 15) is 32.5 Å². The van der Waals surface area contributed by atoms with Crippen LogP contribution in [0.3, 0.4) is 0 Å². The van der Waals surface area contributed by atoms with Gasteiger partial charge in [-0.3, -0.25) is 24.0 Å². The molecule has 0 aliphatic rings. The van der Waals surface area contributed by atoms with Gasteiger partial charge in [-0.2, -0.15) is 0 Å². The summed E-state index contributed by atoms with van der Waals surface area (Å²) in [6.45, 7) is 6.78. The van der Waals surface area contributed by atoms with Crippen LogP contribution < -0.4 is 9.62 Å². The standard InChI is InChI=1S/C25H33FN4O6S/c1-6-22(25(32)27-14-17(2)3)28(15-19-8-10-20(26)11-9-19)24(31)16-29(37(5,35)36)23-13-21(30(33)34)12-7-18(23)4/h7-13,17,22H,6,14-16H2,1-5H3,(H,27,32). The minimum absolute atomic E-state index is 0.0101. The van der Waals surface area contributed by atoms with Crippen molar-refractivity contribution in [2.45, 2.75) is 46.7 Å². The third-order valence-corrected chi connectivity index (χ3v) is 6.81. The number of sulfonamides is 1. The molecular formula is C25H33FN4O6S. The van der Waals surface area contributed by atoms with E-state index in [1.165, 1.54) is 41.3 Å². The van der Waals surface area contributed by atoms with Gasteiger partial charge in [-0.1, -0.05) is 39.0 Å². The number of aryl methyl sites for hydroxylation is 1. The summed E-state index contributed by atoms with van der Waals surface area (Å²) in [4.78, 5) is 38.6. The minimum Gasteiger partial charge on any atom is -0.354 e. The molecule has 0 spiro atoms. The van der Waals surface area contributed by atoms with Crippen LogP contribution in [0.1, 0.15) is 38.3 Å². The predicted molar refractivity (Wildman–Crippen MR) is 139 cm³/mol. The van der Waals surface area contributed by atoms with Gasteiger partial charge < -0.3 is 10.2 Å². The fourth-order valence-electron chi connectivity index (χ4n) is 3.70. The first-order valence-electron chi connectivity index (χ1n) is 11.8. The number of nitrogens with zero attached hydrogens (tertiary/aromatic N) is 3. The first kappa shape index (κ1) is 29.7. The van der Waals surface area contributed by atoms with E-state index >= 15 is 0 Å². The van der Waals surface area contributed by atoms with Crippen molar-refractivity contribution >= 4 is 33.2 Å². The normalized spacial score (nSPS) is 12.2. The van der Waals surface area contributed by atoms with Crippen molar-refractivity contribution in [1.29, 1.82) is 0 Å². The average Bonchev–Trinajstić information content (AvgIpc) is 2.81. The van der Waals surface area contributed by atoms with Crippen LogP contribution in [0.15, 0.2) is 42.5 Å². The summed E-state index contributed by atoms with van der Waals surface area (Å²) in [5, 5.41) is 14.1. The second-order valence-electron chi connectivity index (χ2n) is 9.21. The van der Waals surface area contributed by atoms with Crippen molar-refractivity contribution < 1.29 is 27.3 Å². The van der Waals surface area contributed by atoms with Crippen LogP contribution in [-0.2, 0) is 26.2 Å². The van der Waals surface area contributed by atoms with Crippen LogP contribution in [0.4, 0.5) is 15.8 Å². The third-order valence-electron chi connectivity index (χ3n) is 5.69. The zero-order valence-corrected chi connectivity index (χ0v) is 22.4. The molecule has 37 heavy (non-hydrogen) atoms. The number of non-ortho nitro benzene ring substituents is 1. The fourth-order valence-corrected chi connectivity index (χ4v) is 4.60. The van der Waals surface area contributed by atoms with Crippen molar-refractivity contribution in [2.24, 2.45) is 5.92 Å². The number of amides is 2. The Kier molecular flexibility index (Phi) is 10.1. The van der Waals surface area contributed by atoms with E-state index in [0.29, 0.717) is 17.7 Å². The quantitative estimate of drug-likeness (QED) is 0.327. The van der Waals surface area contributed by atoms with Gasteiger partial charge in [-0.15, -0.1) is 0 Å². The van der Waals surface area contributed by atoms with E-state index in [4.69, 9.17) is 0 Å². The van der Waals surface area contributed by atoms with Crippen molar-refractivity contribution in [2.75, 3.05) is 23.7 Å². The molecule has 0 radical (unpaired) electrons. The largest absolute Gasteiger partial charge is 0.354 e. The van der Waals surface area contributed by atoms with Crippen molar-refractivity contribution in [3.8, 4) is 0 Å². The third kappa shape index (κ3) is 8.24. The maximum Gasteiger partial charge on any atom is 0.271 e. The molecule has 2 aromatic carbocycles. The molecule has 0 fully saturated rings. The monoisotopic (exact) mass is 536 g/mol. The summed E-state index contributed by atoms with van der Waals surface area (Å²) < 4.78 is 39.7. The Bertz CT molecular complexity index is 1230. The molecule has 1 atom stereocenters. The Hall–Kier alpha value is -3.54. The highest BCUT2D eigenvalue weighted by Gasteiger charge is 2.32. The van der Waals surface area contributed by atoms with Crippen molar-refractivity contribution in [3.05, 3.63) is 69.5 Å². The second kappa shape index (κ2) is 12.6. The van der Waals surface area contributed by atoms with Gasteiger partial charge in [0.2, 0.25) is 21.8 Å². The van der Waals surface area contributed by atoms with Crippen LogP contribution in [0, 0.1) is 28.8 Å². The summed E-state index contributed by atoms with van der Waals surface area (Å²) in [5.74, 6) is -1.38. The molecule has 1 N–H and O–H groups in total. The van der Waals surface area contributed by atoms with Crippen LogP contribution in [-0.4, -0.2) is 55.4 Å². The number of nitro benzene ring substituents is 1. The molecule has 0 bridgehead atoms. The number of anilines is 1. The zero-order chi connectivity index (χ0) is 27.9. The lowest BCUT2D eigenvalue weighted by atomic mass is 10.1. The van der Waals surface area contributed by atoms with Gasteiger partial charge in [0.25, 0.3) is 5.69 Å². The topological polar surface area (TPSA) is 130 Å². The Labute approximate surface area is 216 Å². The number of rotatable bonds is 12. The highest BCUT2D eigenvalue weighted by molar-refractivity contribution is 7.92.